The normalized spacial score (nSPS) is 11.3. The maximum Gasteiger partial charge on any atom is 0.223 e. The quantitative estimate of drug-likeness (QED) is 0.736. The lowest BCUT2D eigenvalue weighted by Crippen LogP contribution is -2.32. The summed E-state index contributed by atoms with van der Waals surface area (Å²) < 4.78 is 12.2. The standard InChI is InChI=1S/C15H26N2O4/c1-5-17-12(2)10-14(18)15(19)13(17)11-16(6-8-20-3)7-9-21-4/h10,19H,5-9,11H2,1-4H3. The molecule has 120 valence electrons. The molecule has 0 fully saturated rings. The second kappa shape index (κ2) is 8.81. The molecule has 6 nitrogen and oxygen atoms in total. The maximum absolute atomic E-state index is 11.8. The van der Waals surface area contributed by atoms with E-state index >= 15 is 0 Å². The Balaban J connectivity index is 3.03. The molecule has 0 atom stereocenters. The van der Waals surface area contributed by atoms with Crippen LogP contribution in [0.5, 0.6) is 5.75 Å². The minimum absolute atomic E-state index is 0.165. The van der Waals surface area contributed by atoms with Crippen LogP contribution in [0.15, 0.2) is 10.9 Å². The van der Waals surface area contributed by atoms with E-state index in [0.29, 0.717) is 45.1 Å². The van der Waals surface area contributed by atoms with Gasteiger partial charge in [-0.25, -0.2) is 0 Å². The third-order valence-corrected chi connectivity index (χ3v) is 3.51. The van der Waals surface area contributed by atoms with E-state index in [-0.39, 0.29) is 11.2 Å². The Labute approximate surface area is 125 Å². The van der Waals surface area contributed by atoms with E-state index in [9.17, 15) is 9.90 Å². The summed E-state index contributed by atoms with van der Waals surface area (Å²) >= 11 is 0. The van der Waals surface area contributed by atoms with Gasteiger partial charge in [0.1, 0.15) is 0 Å². The number of hydrogen-bond acceptors (Lipinski definition) is 5. The maximum atomic E-state index is 11.8. The molecule has 0 amide bonds. The van der Waals surface area contributed by atoms with Gasteiger partial charge in [0.2, 0.25) is 5.43 Å². The summed E-state index contributed by atoms with van der Waals surface area (Å²) in [5.74, 6) is -0.165. The third kappa shape index (κ3) is 4.84. The Morgan fingerprint density at radius 2 is 1.81 bits per heavy atom. The van der Waals surface area contributed by atoms with Crippen molar-refractivity contribution >= 4 is 0 Å². The highest BCUT2D eigenvalue weighted by molar-refractivity contribution is 5.29. The molecule has 0 saturated heterocycles. The largest absolute Gasteiger partial charge is 0.503 e. The molecule has 0 aliphatic heterocycles. The minimum Gasteiger partial charge on any atom is -0.503 e. The van der Waals surface area contributed by atoms with E-state index in [1.807, 2.05) is 18.4 Å². The molecule has 1 aromatic heterocycles. The van der Waals surface area contributed by atoms with Crippen LogP contribution >= 0.6 is 0 Å². The van der Waals surface area contributed by atoms with Crippen LogP contribution in [0.4, 0.5) is 0 Å². The van der Waals surface area contributed by atoms with Gasteiger partial charge in [-0.1, -0.05) is 0 Å². The molecule has 1 heterocycles. The van der Waals surface area contributed by atoms with Crippen LogP contribution < -0.4 is 5.43 Å². The highest BCUT2D eigenvalue weighted by atomic mass is 16.5. The first-order valence-electron chi connectivity index (χ1n) is 7.17. The molecule has 1 rings (SSSR count). The SMILES string of the molecule is CCn1c(C)cc(=O)c(O)c1CN(CCOC)CCOC. The number of aromatic hydroxyl groups is 1. The first kappa shape index (κ1) is 17.7. The third-order valence-electron chi connectivity index (χ3n) is 3.51. The number of aromatic nitrogens is 1. The average Bonchev–Trinajstić information content (AvgIpc) is 2.47. The number of hydrogen-bond donors (Lipinski definition) is 1. The molecule has 21 heavy (non-hydrogen) atoms. The van der Waals surface area contributed by atoms with Gasteiger partial charge in [0.25, 0.3) is 0 Å². The number of rotatable bonds is 9. The Kier molecular flexibility index (Phi) is 7.42. The molecule has 0 aromatic carbocycles. The van der Waals surface area contributed by atoms with Gasteiger partial charge in [-0.05, 0) is 13.8 Å². The zero-order valence-corrected chi connectivity index (χ0v) is 13.4. The topological polar surface area (TPSA) is 63.9 Å². The monoisotopic (exact) mass is 298 g/mol. The van der Waals surface area contributed by atoms with Crippen LogP contribution in [0.1, 0.15) is 18.3 Å². The molecule has 0 unspecified atom stereocenters. The van der Waals surface area contributed by atoms with Gasteiger partial charge in [-0.3, -0.25) is 9.69 Å². The lowest BCUT2D eigenvalue weighted by molar-refractivity contribution is 0.108. The van der Waals surface area contributed by atoms with Crippen molar-refractivity contribution in [1.29, 1.82) is 0 Å². The number of pyridine rings is 1. The lowest BCUT2D eigenvalue weighted by atomic mass is 10.2. The van der Waals surface area contributed by atoms with Gasteiger partial charge < -0.3 is 19.1 Å². The van der Waals surface area contributed by atoms with E-state index in [4.69, 9.17) is 9.47 Å². The van der Waals surface area contributed by atoms with Crippen molar-refractivity contribution in [3.63, 3.8) is 0 Å². The van der Waals surface area contributed by atoms with Crippen LogP contribution in [0, 0.1) is 6.92 Å². The van der Waals surface area contributed by atoms with Gasteiger partial charge in [-0.2, -0.15) is 0 Å². The molecule has 0 bridgehead atoms. The molecule has 1 aromatic rings. The van der Waals surface area contributed by atoms with Crippen LogP contribution in [-0.2, 0) is 22.6 Å². The first-order chi connectivity index (χ1) is 10.0. The zero-order valence-electron chi connectivity index (χ0n) is 13.4. The smallest absolute Gasteiger partial charge is 0.223 e. The van der Waals surface area contributed by atoms with Gasteiger partial charge in [0.05, 0.1) is 18.9 Å². The van der Waals surface area contributed by atoms with E-state index in [1.54, 1.807) is 14.2 Å². The highest BCUT2D eigenvalue weighted by Crippen LogP contribution is 2.16. The number of methoxy groups -OCH3 is 2. The van der Waals surface area contributed by atoms with Crippen molar-refractivity contribution in [2.75, 3.05) is 40.5 Å². The van der Waals surface area contributed by atoms with Crippen molar-refractivity contribution in [1.82, 2.24) is 9.47 Å². The molecular weight excluding hydrogens is 272 g/mol. The van der Waals surface area contributed by atoms with Crippen molar-refractivity contribution in [3.8, 4) is 5.75 Å². The fraction of sp³-hybridized carbons (Fsp3) is 0.667. The lowest BCUT2D eigenvalue weighted by Gasteiger charge is -2.25. The fourth-order valence-electron chi connectivity index (χ4n) is 2.34. The van der Waals surface area contributed by atoms with Crippen LogP contribution in [0.25, 0.3) is 0 Å². The van der Waals surface area contributed by atoms with E-state index in [0.717, 1.165) is 5.69 Å². The van der Waals surface area contributed by atoms with Crippen molar-refractivity contribution in [2.45, 2.75) is 26.9 Å². The summed E-state index contributed by atoms with van der Waals surface area (Å²) in [6.45, 7) is 7.67. The van der Waals surface area contributed by atoms with Crippen molar-refractivity contribution in [2.24, 2.45) is 0 Å². The Hall–Kier alpha value is -1.37. The number of nitrogens with zero attached hydrogens (tertiary/aromatic N) is 2. The Bertz CT molecular complexity index is 491. The minimum atomic E-state index is -0.328. The van der Waals surface area contributed by atoms with Crippen molar-refractivity contribution < 1.29 is 14.6 Å². The van der Waals surface area contributed by atoms with E-state index < -0.39 is 0 Å². The zero-order chi connectivity index (χ0) is 15.8. The molecule has 0 aliphatic carbocycles. The molecule has 1 N–H and O–H groups in total. The van der Waals surface area contributed by atoms with Gasteiger partial charge in [0.15, 0.2) is 5.75 Å². The second-order valence-corrected chi connectivity index (χ2v) is 4.95. The number of ether oxygens (including phenoxy) is 2. The van der Waals surface area contributed by atoms with E-state index in [2.05, 4.69) is 4.90 Å². The predicted octanol–water partition coefficient (Wildman–Crippen LogP) is 0.977. The molecule has 0 aliphatic rings. The first-order valence-corrected chi connectivity index (χ1v) is 7.17. The van der Waals surface area contributed by atoms with Crippen LogP contribution in [0.2, 0.25) is 0 Å². The van der Waals surface area contributed by atoms with Crippen LogP contribution in [-0.4, -0.2) is 55.1 Å². The highest BCUT2D eigenvalue weighted by Gasteiger charge is 2.15. The van der Waals surface area contributed by atoms with E-state index in [1.165, 1.54) is 6.07 Å². The summed E-state index contributed by atoms with van der Waals surface area (Å²) in [5, 5.41) is 10.1. The van der Waals surface area contributed by atoms with Crippen molar-refractivity contribution in [3.05, 3.63) is 27.7 Å². The molecule has 6 heteroatoms. The molecule has 0 saturated carbocycles. The fourth-order valence-corrected chi connectivity index (χ4v) is 2.34. The second-order valence-electron chi connectivity index (χ2n) is 4.95. The molecule has 0 radical (unpaired) electrons. The van der Waals surface area contributed by atoms with Crippen LogP contribution in [0.3, 0.4) is 0 Å². The van der Waals surface area contributed by atoms with Gasteiger partial charge in [-0.15, -0.1) is 0 Å². The molecule has 0 spiro atoms. The summed E-state index contributed by atoms with van der Waals surface area (Å²) in [6.07, 6.45) is 0. The summed E-state index contributed by atoms with van der Waals surface area (Å²) in [7, 11) is 3.31. The Morgan fingerprint density at radius 3 is 2.29 bits per heavy atom. The Morgan fingerprint density at radius 1 is 1.24 bits per heavy atom. The summed E-state index contributed by atoms with van der Waals surface area (Å²) in [6, 6.07) is 1.47. The summed E-state index contributed by atoms with van der Waals surface area (Å²) in [5.41, 5.74) is 1.18. The molecular formula is C15H26N2O4. The predicted molar refractivity (Wildman–Crippen MR) is 81.8 cm³/mol. The summed E-state index contributed by atoms with van der Waals surface area (Å²) in [4.78, 5) is 13.9. The average molecular weight is 298 g/mol. The van der Waals surface area contributed by atoms with Gasteiger partial charge >= 0.3 is 0 Å². The number of aryl methyl sites for hydroxylation is 1. The van der Waals surface area contributed by atoms with Gasteiger partial charge in [0, 0.05) is 52.2 Å².